The van der Waals surface area contributed by atoms with Gasteiger partial charge in [-0.25, -0.2) is 4.79 Å². The van der Waals surface area contributed by atoms with Crippen molar-refractivity contribution in [3.8, 4) is 0 Å². The second-order valence-electron chi connectivity index (χ2n) is 7.52. The number of nitrogens with one attached hydrogen (secondary N) is 1. The predicted molar refractivity (Wildman–Crippen MR) is 86.8 cm³/mol. The normalized spacial score (nSPS) is 19.5. The molecule has 1 saturated heterocycles. The highest BCUT2D eigenvalue weighted by Gasteiger charge is 2.33. The molecule has 1 heterocycles. The molecule has 1 rings (SSSR count). The third kappa shape index (κ3) is 6.97. The number of carbonyl (C=O) groups is 1. The SMILES string of the molecule is CCCC(CO)(CNC(=O)OC(C)(C)C)CC1CCOCC1. The van der Waals surface area contributed by atoms with Gasteiger partial charge in [0, 0.05) is 25.2 Å². The first-order valence-electron chi connectivity index (χ1n) is 8.46. The first-order chi connectivity index (χ1) is 10.3. The summed E-state index contributed by atoms with van der Waals surface area (Å²) >= 11 is 0. The number of aliphatic hydroxyl groups is 1. The molecule has 0 spiro atoms. The molecule has 2 N–H and O–H groups in total. The van der Waals surface area contributed by atoms with Crippen LogP contribution in [-0.2, 0) is 9.47 Å². The Balaban J connectivity index is 2.59. The Morgan fingerprint density at radius 1 is 1.32 bits per heavy atom. The van der Waals surface area contributed by atoms with Crippen LogP contribution in [0.4, 0.5) is 4.79 Å². The second-order valence-corrected chi connectivity index (χ2v) is 7.52. The van der Waals surface area contributed by atoms with Gasteiger partial charge in [-0.15, -0.1) is 0 Å². The molecule has 1 amide bonds. The van der Waals surface area contributed by atoms with Crippen molar-refractivity contribution in [2.75, 3.05) is 26.4 Å². The molecule has 0 bridgehead atoms. The van der Waals surface area contributed by atoms with E-state index in [0.29, 0.717) is 12.5 Å². The van der Waals surface area contributed by atoms with E-state index in [4.69, 9.17) is 9.47 Å². The summed E-state index contributed by atoms with van der Waals surface area (Å²) < 4.78 is 10.7. The lowest BCUT2D eigenvalue weighted by Crippen LogP contribution is -2.43. The van der Waals surface area contributed by atoms with Gasteiger partial charge in [-0.1, -0.05) is 13.3 Å². The molecule has 5 nitrogen and oxygen atoms in total. The highest BCUT2D eigenvalue weighted by atomic mass is 16.6. The van der Waals surface area contributed by atoms with Crippen LogP contribution in [0.1, 0.15) is 59.8 Å². The molecule has 1 aliphatic rings. The summed E-state index contributed by atoms with van der Waals surface area (Å²) in [6.07, 6.45) is 4.48. The van der Waals surface area contributed by atoms with Crippen molar-refractivity contribution >= 4 is 6.09 Å². The average molecular weight is 315 g/mol. The topological polar surface area (TPSA) is 67.8 Å². The number of hydrogen-bond acceptors (Lipinski definition) is 4. The number of rotatable bonds is 7. The van der Waals surface area contributed by atoms with E-state index >= 15 is 0 Å². The quantitative estimate of drug-likeness (QED) is 0.757. The molecule has 5 heteroatoms. The number of carbonyl (C=O) groups excluding carboxylic acids is 1. The molecular weight excluding hydrogens is 282 g/mol. The molecule has 1 fully saturated rings. The first-order valence-corrected chi connectivity index (χ1v) is 8.46. The zero-order chi connectivity index (χ0) is 16.6. The van der Waals surface area contributed by atoms with Crippen LogP contribution in [0, 0.1) is 11.3 Å². The molecule has 0 aliphatic carbocycles. The van der Waals surface area contributed by atoms with Crippen molar-refractivity contribution in [1.82, 2.24) is 5.32 Å². The number of ether oxygens (including phenoxy) is 2. The van der Waals surface area contributed by atoms with Gasteiger partial charge in [-0.3, -0.25) is 0 Å². The van der Waals surface area contributed by atoms with Gasteiger partial charge in [0.05, 0.1) is 6.61 Å². The van der Waals surface area contributed by atoms with Crippen LogP contribution in [0.15, 0.2) is 0 Å². The van der Waals surface area contributed by atoms with Crippen LogP contribution in [0.3, 0.4) is 0 Å². The minimum atomic E-state index is -0.503. The molecule has 1 atom stereocenters. The van der Waals surface area contributed by atoms with Crippen molar-refractivity contribution < 1.29 is 19.4 Å². The maximum absolute atomic E-state index is 11.9. The van der Waals surface area contributed by atoms with Crippen LogP contribution in [0.5, 0.6) is 0 Å². The molecular formula is C17H33NO4. The Bertz CT molecular complexity index is 334. The largest absolute Gasteiger partial charge is 0.444 e. The van der Waals surface area contributed by atoms with E-state index in [0.717, 1.165) is 45.3 Å². The lowest BCUT2D eigenvalue weighted by molar-refractivity contribution is 0.0202. The first kappa shape index (κ1) is 19.2. The van der Waals surface area contributed by atoms with Gasteiger partial charge in [0.25, 0.3) is 0 Å². The summed E-state index contributed by atoms with van der Waals surface area (Å²) in [5.41, 5.74) is -0.759. The zero-order valence-corrected chi connectivity index (χ0v) is 14.6. The smallest absolute Gasteiger partial charge is 0.407 e. The minimum absolute atomic E-state index is 0.0913. The fraction of sp³-hybridized carbons (Fsp3) is 0.941. The summed E-state index contributed by atoms with van der Waals surface area (Å²) in [5.74, 6) is 0.563. The van der Waals surface area contributed by atoms with Crippen LogP contribution < -0.4 is 5.32 Å². The monoisotopic (exact) mass is 315 g/mol. The van der Waals surface area contributed by atoms with Crippen molar-refractivity contribution in [3.63, 3.8) is 0 Å². The van der Waals surface area contributed by atoms with Crippen LogP contribution >= 0.6 is 0 Å². The molecule has 130 valence electrons. The number of amides is 1. The molecule has 1 aliphatic heterocycles. The summed E-state index contributed by atoms with van der Waals surface area (Å²) in [4.78, 5) is 11.9. The fourth-order valence-corrected chi connectivity index (χ4v) is 3.13. The summed E-state index contributed by atoms with van der Waals surface area (Å²) in [5, 5.41) is 12.8. The van der Waals surface area contributed by atoms with E-state index in [1.54, 1.807) is 0 Å². The van der Waals surface area contributed by atoms with E-state index in [2.05, 4.69) is 12.2 Å². The molecule has 1 unspecified atom stereocenters. The average Bonchev–Trinajstić information content (AvgIpc) is 2.44. The Morgan fingerprint density at radius 3 is 2.45 bits per heavy atom. The standard InChI is InChI=1S/C17H33NO4/c1-5-8-17(13-19,11-14-6-9-21-10-7-14)12-18-15(20)22-16(2,3)4/h14,19H,5-13H2,1-4H3,(H,18,20). The Hall–Kier alpha value is -0.810. The van der Waals surface area contributed by atoms with Crippen molar-refractivity contribution in [1.29, 1.82) is 0 Å². The van der Waals surface area contributed by atoms with Crippen LogP contribution in [0.2, 0.25) is 0 Å². The van der Waals surface area contributed by atoms with E-state index in [-0.39, 0.29) is 12.0 Å². The van der Waals surface area contributed by atoms with Gasteiger partial charge in [0.15, 0.2) is 0 Å². The molecule has 0 radical (unpaired) electrons. The van der Waals surface area contributed by atoms with E-state index in [1.165, 1.54) is 0 Å². The molecule has 0 aromatic carbocycles. The highest BCUT2D eigenvalue weighted by Crippen LogP contribution is 2.35. The van der Waals surface area contributed by atoms with Crippen LogP contribution in [-0.4, -0.2) is 43.2 Å². The maximum Gasteiger partial charge on any atom is 0.407 e. The third-order valence-corrected chi connectivity index (χ3v) is 4.18. The predicted octanol–water partition coefficient (Wildman–Crippen LogP) is 3.11. The van der Waals surface area contributed by atoms with Gasteiger partial charge in [-0.2, -0.15) is 0 Å². The summed E-state index contributed by atoms with van der Waals surface area (Å²) in [7, 11) is 0. The molecule has 22 heavy (non-hydrogen) atoms. The number of aliphatic hydroxyl groups excluding tert-OH is 1. The van der Waals surface area contributed by atoms with Crippen molar-refractivity contribution in [3.05, 3.63) is 0 Å². The fourth-order valence-electron chi connectivity index (χ4n) is 3.13. The van der Waals surface area contributed by atoms with Gasteiger partial charge in [0.1, 0.15) is 5.60 Å². The van der Waals surface area contributed by atoms with Gasteiger partial charge >= 0.3 is 6.09 Å². The van der Waals surface area contributed by atoms with Crippen molar-refractivity contribution in [2.24, 2.45) is 11.3 Å². The Morgan fingerprint density at radius 2 is 1.95 bits per heavy atom. The number of hydrogen-bond donors (Lipinski definition) is 2. The minimum Gasteiger partial charge on any atom is -0.444 e. The zero-order valence-electron chi connectivity index (χ0n) is 14.6. The van der Waals surface area contributed by atoms with Crippen LogP contribution in [0.25, 0.3) is 0 Å². The molecule has 0 aromatic rings. The van der Waals surface area contributed by atoms with Crippen molar-refractivity contribution in [2.45, 2.75) is 65.4 Å². The number of alkyl carbamates (subject to hydrolysis) is 1. The highest BCUT2D eigenvalue weighted by molar-refractivity contribution is 5.67. The van der Waals surface area contributed by atoms with E-state index in [9.17, 15) is 9.90 Å². The third-order valence-electron chi connectivity index (χ3n) is 4.18. The van der Waals surface area contributed by atoms with E-state index in [1.807, 2.05) is 20.8 Å². The molecule has 0 aromatic heterocycles. The lowest BCUT2D eigenvalue weighted by atomic mass is 9.74. The Kier molecular flexibility index (Phi) is 7.63. The van der Waals surface area contributed by atoms with Gasteiger partial charge in [-0.05, 0) is 52.4 Å². The lowest BCUT2D eigenvalue weighted by Gasteiger charge is -2.37. The second kappa shape index (κ2) is 8.73. The van der Waals surface area contributed by atoms with E-state index < -0.39 is 11.7 Å². The van der Waals surface area contributed by atoms with Gasteiger partial charge < -0.3 is 19.9 Å². The Labute approximate surface area is 134 Å². The maximum atomic E-state index is 11.9. The summed E-state index contributed by atoms with van der Waals surface area (Å²) in [6, 6.07) is 0. The van der Waals surface area contributed by atoms with Gasteiger partial charge in [0.2, 0.25) is 0 Å². The summed E-state index contributed by atoms with van der Waals surface area (Å²) in [6.45, 7) is 9.81. The molecule has 0 saturated carbocycles.